The molecule has 0 radical (unpaired) electrons. The summed E-state index contributed by atoms with van der Waals surface area (Å²) in [5.41, 5.74) is 4.29. The molecule has 1 aromatic heterocycles. The molecule has 0 amide bonds. The lowest BCUT2D eigenvalue weighted by Crippen LogP contribution is -2.06. The zero-order valence-electron chi connectivity index (χ0n) is 11.7. The van der Waals surface area contributed by atoms with Crippen LogP contribution in [-0.2, 0) is 0 Å². The van der Waals surface area contributed by atoms with Gasteiger partial charge in [-0.25, -0.2) is 0 Å². The van der Waals surface area contributed by atoms with Crippen molar-refractivity contribution >= 4 is 46.5 Å². The van der Waals surface area contributed by atoms with E-state index in [0.29, 0.717) is 14.8 Å². The number of aryl methyl sites for hydroxylation is 1. The highest BCUT2D eigenvalue weighted by atomic mass is 35.5. The second-order valence-electron chi connectivity index (χ2n) is 5.17. The lowest BCUT2D eigenvalue weighted by atomic mass is 10.1. The summed E-state index contributed by atoms with van der Waals surface area (Å²) in [6, 6.07) is 12.2. The summed E-state index contributed by atoms with van der Waals surface area (Å²) in [5, 5.41) is 1.05. The topological polar surface area (TPSA) is 20.7 Å². The first-order valence-electron chi connectivity index (χ1n) is 6.63. The molecular formula is C16H14Cl2N2S. The molecule has 3 rings (SSSR count). The third-order valence-electron chi connectivity index (χ3n) is 3.71. The Bertz CT molecular complexity index is 862. The minimum absolute atomic E-state index is 0.115. The number of rotatable bonds is 2. The van der Waals surface area contributed by atoms with Gasteiger partial charge in [-0.1, -0.05) is 53.0 Å². The first kappa shape index (κ1) is 14.6. The van der Waals surface area contributed by atoms with Gasteiger partial charge in [-0.05, 0) is 43.8 Å². The average Bonchev–Trinajstić information content (AvgIpc) is 2.75. The molecule has 0 saturated heterocycles. The number of imidazole rings is 1. The first-order chi connectivity index (χ1) is 9.97. The van der Waals surface area contributed by atoms with Crippen LogP contribution in [0.4, 0.5) is 0 Å². The molecule has 0 spiro atoms. The number of aromatic nitrogens is 2. The van der Waals surface area contributed by atoms with Crippen LogP contribution in [-0.4, -0.2) is 9.55 Å². The summed E-state index contributed by atoms with van der Waals surface area (Å²) in [6.07, 6.45) is 0. The summed E-state index contributed by atoms with van der Waals surface area (Å²) in [5.74, 6) is 0. The fourth-order valence-electron chi connectivity index (χ4n) is 2.50. The summed E-state index contributed by atoms with van der Waals surface area (Å²) in [6.45, 7) is 4.20. The molecule has 1 unspecified atom stereocenters. The summed E-state index contributed by atoms with van der Waals surface area (Å²) >= 11 is 17.7. The van der Waals surface area contributed by atoms with Gasteiger partial charge >= 0.3 is 0 Å². The molecule has 21 heavy (non-hydrogen) atoms. The van der Waals surface area contributed by atoms with Gasteiger partial charge in [-0.2, -0.15) is 0 Å². The lowest BCUT2D eigenvalue weighted by Gasteiger charge is -2.15. The molecule has 2 nitrogen and oxygen atoms in total. The smallest absolute Gasteiger partial charge is 0.178 e. The van der Waals surface area contributed by atoms with Gasteiger partial charge in [0.2, 0.25) is 0 Å². The SMILES string of the molecule is Cc1ccc(C(C)n2c(=S)[nH]c3cc(Cl)c(Cl)cc32)cc1. The van der Waals surface area contributed by atoms with Crippen molar-refractivity contribution in [2.45, 2.75) is 19.9 Å². The summed E-state index contributed by atoms with van der Waals surface area (Å²) in [7, 11) is 0. The molecule has 2 aromatic carbocycles. The molecule has 5 heteroatoms. The zero-order valence-corrected chi connectivity index (χ0v) is 14.0. The van der Waals surface area contributed by atoms with E-state index >= 15 is 0 Å². The van der Waals surface area contributed by atoms with Crippen molar-refractivity contribution in [3.05, 3.63) is 62.3 Å². The molecular weight excluding hydrogens is 323 g/mol. The maximum atomic E-state index is 6.15. The maximum absolute atomic E-state index is 6.15. The Kier molecular flexibility index (Phi) is 3.82. The number of fused-ring (bicyclic) bond motifs is 1. The van der Waals surface area contributed by atoms with E-state index in [9.17, 15) is 0 Å². The van der Waals surface area contributed by atoms with Crippen LogP contribution in [0.3, 0.4) is 0 Å². The molecule has 1 heterocycles. The van der Waals surface area contributed by atoms with Gasteiger partial charge in [-0.15, -0.1) is 0 Å². The predicted molar refractivity (Wildman–Crippen MR) is 92.1 cm³/mol. The third-order valence-corrected chi connectivity index (χ3v) is 4.73. The molecule has 0 bridgehead atoms. The second kappa shape index (κ2) is 5.48. The highest BCUT2D eigenvalue weighted by Gasteiger charge is 2.14. The van der Waals surface area contributed by atoms with E-state index in [-0.39, 0.29) is 6.04 Å². The molecule has 1 N–H and O–H groups in total. The van der Waals surface area contributed by atoms with Gasteiger partial charge in [0.1, 0.15) is 0 Å². The highest BCUT2D eigenvalue weighted by Crippen LogP contribution is 2.30. The van der Waals surface area contributed by atoms with E-state index in [1.165, 1.54) is 11.1 Å². The quantitative estimate of drug-likeness (QED) is 0.575. The number of hydrogen-bond donors (Lipinski definition) is 1. The Morgan fingerprint density at radius 3 is 2.38 bits per heavy atom. The number of halogens is 2. The molecule has 0 saturated carbocycles. The summed E-state index contributed by atoms with van der Waals surface area (Å²) in [4.78, 5) is 3.19. The molecule has 0 aliphatic carbocycles. The number of nitrogens with zero attached hydrogens (tertiary/aromatic N) is 1. The van der Waals surface area contributed by atoms with Crippen LogP contribution in [0, 0.1) is 11.7 Å². The van der Waals surface area contributed by atoms with E-state index in [2.05, 4.69) is 47.7 Å². The van der Waals surface area contributed by atoms with Gasteiger partial charge in [-0.3, -0.25) is 0 Å². The van der Waals surface area contributed by atoms with Crippen LogP contribution in [0.5, 0.6) is 0 Å². The Labute approximate surface area is 138 Å². The van der Waals surface area contributed by atoms with Gasteiger partial charge < -0.3 is 9.55 Å². The molecule has 0 fully saturated rings. The number of nitrogens with one attached hydrogen (secondary N) is 1. The van der Waals surface area contributed by atoms with Crippen molar-refractivity contribution in [1.82, 2.24) is 9.55 Å². The van der Waals surface area contributed by atoms with Gasteiger partial charge in [0, 0.05) is 0 Å². The van der Waals surface area contributed by atoms with Gasteiger partial charge in [0.05, 0.1) is 27.1 Å². The second-order valence-corrected chi connectivity index (χ2v) is 6.37. The highest BCUT2D eigenvalue weighted by molar-refractivity contribution is 7.71. The number of aromatic amines is 1. The molecule has 108 valence electrons. The fraction of sp³-hybridized carbons (Fsp3) is 0.188. The Hall–Kier alpha value is -1.29. The minimum atomic E-state index is 0.115. The maximum Gasteiger partial charge on any atom is 0.178 e. The average molecular weight is 337 g/mol. The number of hydrogen-bond acceptors (Lipinski definition) is 1. The van der Waals surface area contributed by atoms with Crippen LogP contribution < -0.4 is 0 Å². The standard InChI is InChI=1S/C16H14Cl2N2S/c1-9-3-5-11(6-4-9)10(2)20-15-8-13(18)12(17)7-14(15)19-16(20)21/h3-8,10H,1-2H3,(H,19,21). The van der Waals surface area contributed by atoms with E-state index in [0.717, 1.165) is 11.0 Å². The Morgan fingerprint density at radius 1 is 1.10 bits per heavy atom. The predicted octanol–water partition coefficient (Wildman–Crippen LogP) is 5.92. The van der Waals surface area contributed by atoms with Crippen molar-refractivity contribution in [1.29, 1.82) is 0 Å². The minimum Gasteiger partial charge on any atom is -0.331 e. The van der Waals surface area contributed by atoms with Gasteiger partial charge in [0.25, 0.3) is 0 Å². The lowest BCUT2D eigenvalue weighted by molar-refractivity contribution is 0.649. The fourth-order valence-corrected chi connectivity index (χ4v) is 3.19. The summed E-state index contributed by atoms with van der Waals surface area (Å²) < 4.78 is 2.73. The van der Waals surface area contributed by atoms with E-state index in [4.69, 9.17) is 35.4 Å². The van der Waals surface area contributed by atoms with Crippen LogP contribution in [0.15, 0.2) is 36.4 Å². The molecule has 3 aromatic rings. The van der Waals surface area contributed by atoms with Crippen molar-refractivity contribution < 1.29 is 0 Å². The molecule has 0 aliphatic rings. The van der Waals surface area contributed by atoms with Crippen molar-refractivity contribution in [2.24, 2.45) is 0 Å². The van der Waals surface area contributed by atoms with Crippen LogP contribution >= 0.6 is 35.4 Å². The van der Waals surface area contributed by atoms with E-state index < -0.39 is 0 Å². The van der Waals surface area contributed by atoms with Gasteiger partial charge in [0.15, 0.2) is 4.77 Å². The zero-order chi connectivity index (χ0) is 15.1. The third kappa shape index (κ3) is 2.61. The van der Waals surface area contributed by atoms with Crippen molar-refractivity contribution in [2.75, 3.05) is 0 Å². The van der Waals surface area contributed by atoms with Crippen LogP contribution in [0.2, 0.25) is 10.0 Å². The normalized spacial score (nSPS) is 12.8. The Balaban J connectivity index is 2.19. The largest absolute Gasteiger partial charge is 0.331 e. The van der Waals surface area contributed by atoms with Crippen LogP contribution in [0.1, 0.15) is 24.1 Å². The number of H-pyrrole nitrogens is 1. The molecule has 1 atom stereocenters. The van der Waals surface area contributed by atoms with E-state index in [1.807, 2.05) is 12.1 Å². The molecule has 0 aliphatic heterocycles. The van der Waals surface area contributed by atoms with E-state index in [1.54, 1.807) is 0 Å². The number of benzene rings is 2. The Morgan fingerprint density at radius 2 is 1.71 bits per heavy atom. The van der Waals surface area contributed by atoms with Crippen molar-refractivity contribution in [3.8, 4) is 0 Å². The van der Waals surface area contributed by atoms with Crippen molar-refractivity contribution in [3.63, 3.8) is 0 Å². The van der Waals surface area contributed by atoms with Crippen LogP contribution in [0.25, 0.3) is 11.0 Å². The monoisotopic (exact) mass is 336 g/mol. The first-order valence-corrected chi connectivity index (χ1v) is 7.79.